The number of carbonyl (C=O) groups excluding carboxylic acids is 1. The van der Waals surface area contributed by atoms with Crippen molar-refractivity contribution in [1.82, 2.24) is 9.97 Å². The predicted molar refractivity (Wildman–Crippen MR) is 101 cm³/mol. The first-order valence-electron chi connectivity index (χ1n) is 8.14. The summed E-state index contributed by atoms with van der Waals surface area (Å²) in [4.78, 5) is 20.5. The molecule has 126 valence electrons. The zero-order valence-corrected chi connectivity index (χ0v) is 13.8. The van der Waals surface area contributed by atoms with Gasteiger partial charge in [-0.3, -0.25) is 4.79 Å². The van der Waals surface area contributed by atoms with Crippen molar-refractivity contribution in [2.45, 2.75) is 0 Å². The van der Waals surface area contributed by atoms with Gasteiger partial charge in [-0.1, -0.05) is 30.3 Å². The van der Waals surface area contributed by atoms with Crippen LogP contribution >= 0.6 is 0 Å². The van der Waals surface area contributed by atoms with Gasteiger partial charge in [-0.15, -0.1) is 0 Å². The van der Waals surface area contributed by atoms with E-state index >= 15 is 0 Å². The molecule has 0 aliphatic heterocycles. The predicted octanol–water partition coefficient (Wildman–Crippen LogP) is 4.54. The number of fused-ring (bicyclic) bond motifs is 1. The standard InChI is InChI=1S/C21H15N3O2/c25-19(13-8-15-5-2-1-3-6-15)23-17-11-9-16(10-12-17)21-24-20-18(26-21)7-4-14-22-20/h1-14H,(H,23,25)/b13-8-. The minimum atomic E-state index is -0.187. The van der Waals surface area contributed by atoms with Crippen LogP contribution in [0.25, 0.3) is 28.8 Å². The van der Waals surface area contributed by atoms with Crippen LogP contribution in [0.1, 0.15) is 5.56 Å². The molecule has 5 nitrogen and oxygen atoms in total. The Kier molecular flexibility index (Phi) is 4.26. The highest BCUT2D eigenvalue weighted by molar-refractivity contribution is 6.02. The maximum Gasteiger partial charge on any atom is 0.248 e. The fourth-order valence-electron chi connectivity index (χ4n) is 2.51. The van der Waals surface area contributed by atoms with Crippen LogP contribution in [0.5, 0.6) is 0 Å². The maximum absolute atomic E-state index is 12.0. The van der Waals surface area contributed by atoms with Crippen molar-refractivity contribution >= 4 is 28.9 Å². The fraction of sp³-hybridized carbons (Fsp3) is 0. The average molecular weight is 341 g/mol. The van der Waals surface area contributed by atoms with E-state index in [1.54, 1.807) is 18.3 Å². The minimum Gasteiger partial charge on any atom is -0.434 e. The Hall–Kier alpha value is -3.73. The quantitative estimate of drug-likeness (QED) is 0.553. The molecule has 0 saturated heterocycles. The van der Waals surface area contributed by atoms with Gasteiger partial charge >= 0.3 is 0 Å². The van der Waals surface area contributed by atoms with E-state index in [9.17, 15) is 4.79 Å². The summed E-state index contributed by atoms with van der Waals surface area (Å²) in [6.07, 6.45) is 4.96. The number of hydrogen-bond donors (Lipinski definition) is 1. The Labute approximate surface area is 150 Å². The van der Waals surface area contributed by atoms with Gasteiger partial charge in [0.25, 0.3) is 0 Å². The number of carbonyl (C=O) groups is 1. The number of rotatable bonds is 4. The van der Waals surface area contributed by atoms with Crippen molar-refractivity contribution < 1.29 is 9.21 Å². The van der Waals surface area contributed by atoms with Gasteiger partial charge < -0.3 is 9.73 Å². The molecule has 0 spiro atoms. The molecular weight excluding hydrogens is 326 g/mol. The molecule has 0 aliphatic rings. The van der Waals surface area contributed by atoms with Crippen LogP contribution in [0.3, 0.4) is 0 Å². The minimum absolute atomic E-state index is 0.187. The molecular formula is C21H15N3O2. The summed E-state index contributed by atoms with van der Waals surface area (Å²) in [6, 6.07) is 20.6. The number of pyridine rings is 1. The van der Waals surface area contributed by atoms with Crippen molar-refractivity contribution in [3.05, 3.63) is 84.6 Å². The third kappa shape index (κ3) is 3.52. The number of aromatic nitrogens is 2. The molecule has 0 fully saturated rings. The molecule has 5 heteroatoms. The number of hydrogen-bond acceptors (Lipinski definition) is 4. The van der Waals surface area contributed by atoms with Crippen molar-refractivity contribution in [1.29, 1.82) is 0 Å². The monoisotopic (exact) mass is 341 g/mol. The number of amides is 1. The average Bonchev–Trinajstić information content (AvgIpc) is 3.12. The SMILES string of the molecule is O=C(/C=C\c1ccccc1)Nc1ccc(-c2nc3ncccc3o2)cc1. The summed E-state index contributed by atoms with van der Waals surface area (Å²) >= 11 is 0. The number of nitrogens with zero attached hydrogens (tertiary/aromatic N) is 2. The lowest BCUT2D eigenvalue weighted by atomic mass is 10.2. The second kappa shape index (κ2) is 7.03. The Morgan fingerprint density at radius 1 is 0.962 bits per heavy atom. The molecule has 0 saturated carbocycles. The van der Waals surface area contributed by atoms with Crippen LogP contribution in [0, 0.1) is 0 Å². The molecule has 4 aromatic rings. The van der Waals surface area contributed by atoms with Gasteiger partial charge in [0.2, 0.25) is 11.8 Å². The Morgan fingerprint density at radius 2 is 1.77 bits per heavy atom. The third-order valence-corrected chi connectivity index (χ3v) is 3.79. The van der Waals surface area contributed by atoms with E-state index in [-0.39, 0.29) is 5.91 Å². The van der Waals surface area contributed by atoms with Crippen molar-refractivity contribution in [2.75, 3.05) is 5.32 Å². The molecule has 26 heavy (non-hydrogen) atoms. The Balaban J connectivity index is 1.45. The van der Waals surface area contributed by atoms with Gasteiger partial charge in [-0.2, -0.15) is 4.98 Å². The highest BCUT2D eigenvalue weighted by Crippen LogP contribution is 2.24. The van der Waals surface area contributed by atoms with Crippen LogP contribution in [0.15, 0.2) is 83.4 Å². The van der Waals surface area contributed by atoms with E-state index in [0.717, 1.165) is 11.1 Å². The fourth-order valence-corrected chi connectivity index (χ4v) is 2.51. The lowest BCUT2D eigenvalue weighted by molar-refractivity contribution is -0.111. The Morgan fingerprint density at radius 3 is 2.54 bits per heavy atom. The molecule has 0 radical (unpaired) electrons. The summed E-state index contributed by atoms with van der Waals surface area (Å²) in [5, 5.41) is 2.83. The number of benzene rings is 2. The lowest BCUT2D eigenvalue weighted by Gasteiger charge is -2.03. The summed E-state index contributed by atoms with van der Waals surface area (Å²) in [5.74, 6) is 0.313. The molecule has 2 aromatic heterocycles. The van der Waals surface area contributed by atoms with Gasteiger partial charge in [-0.25, -0.2) is 4.98 Å². The van der Waals surface area contributed by atoms with Gasteiger partial charge in [0.15, 0.2) is 11.2 Å². The van der Waals surface area contributed by atoms with Gasteiger partial charge in [0.05, 0.1) is 0 Å². The summed E-state index contributed by atoms with van der Waals surface area (Å²) in [6.45, 7) is 0. The molecule has 1 N–H and O–H groups in total. The van der Waals surface area contributed by atoms with Crippen LogP contribution in [0.2, 0.25) is 0 Å². The second-order valence-electron chi connectivity index (χ2n) is 5.65. The topological polar surface area (TPSA) is 68.0 Å². The molecule has 2 aromatic carbocycles. The lowest BCUT2D eigenvalue weighted by Crippen LogP contribution is -2.07. The third-order valence-electron chi connectivity index (χ3n) is 3.79. The summed E-state index contributed by atoms with van der Waals surface area (Å²) in [5.41, 5.74) is 3.71. The number of oxazole rings is 1. The number of nitrogens with one attached hydrogen (secondary N) is 1. The normalized spacial score (nSPS) is 11.1. The second-order valence-corrected chi connectivity index (χ2v) is 5.65. The van der Waals surface area contributed by atoms with Crippen molar-refractivity contribution in [2.24, 2.45) is 0 Å². The molecule has 1 amide bonds. The van der Waals surface area contributed by atoms with Gasteiger partial charge in [-0.05, 0) is 48.0 Å². The van der Waals surface area contributed by atoms with E-state index < -0.39 is 0 Å². The molecule has 4 rings (SSSR count). The van der Waals surface area contributed by atoms with E-state index in [4.69, 9.17) is 4.42 Å². The van der Waals surface area contributed by atoms with E-state index in [1.165, 1.54) is 6.08 Å². The molecule has 0 unspecified atom stereocenters. The van der Waals surface area contributed by atoms with Gasteiger partial charge in [0.1, 0.15) is 0 Å². The van der Waals surface area contributed by atoms with E-state index in [1.807, 2.05) is 60.7 Å². The molecule has 2 heterocycles. The highest BCUT2D eigenvalue weighted by Gasteiger charge is 2.08. The maximum atomic E-state index is 12.0. The zero-order valence-electron chi connectivity index (χ0n) is 13.8. The first kappa shape index (κ1) is 15.8. The molecule has 0 atom stereocenters. The first-order valence-corrected chi connectivity index (χ1v) is 8.14. The van der Waals surface area contributed by atoms with Gasteiger partial charge in [0, 0.05) is 23.5 Å². The summed E-state index contributed by atoms with van der Waals surface area (Å²) in [7, 11) is 0. The van der Waals surface area contributed by atoms with Crippen LogP contribution in [-0.2, 0) is 4.79 Å². The zero-order chi connectivity index (χ0) is 17.8. The van der Waals surface area contributed by atoms with Crippen molar-refractivity contribution in [3.8, 4) is 11.5 Å². The highest BCUT2D eigenvalue weighted by atomic mass is 16.3. The van der Waals surface area contributed by atoms with Crippen LogP contribution < -0.4 is 5.32 Å². The van der Waals surface area contributed by atoms with E-state index in [2.05, 4.69) is 15.3 Å². The smallest absolute Gasteiger partial charge is 0.248 e. The Bertz CT molecular complexity index is 1030. The summed E-state index contributed by atoms with van der Waals surface area (Å²) < 4.78 is 5.69. The van der Waals surface area contributed by atoms with E-state index in [0.29, 0.717) is 22.8 Å². The van der Waals surface area contributed by atoms with Crippen LogP contribution in [0.4, 0.5) is 5.69 Å². The molecule has 0 aliphatic carbocycles. The molecule has 0 bridgehead atoms. The van der Waals surface area contributed by atoms with Crippen LogP contribution in [-0.4, -0.2) is 15.9 Å². The first-order chi connectivity index (χ1) is 12.8. The largest absolute Gasteiger partial charge is 0.434 e. The van der Waals surface area contributed by atoms with Crippen molar-refractivity contribution in [3.63, 3.8) is 0 Å². The number of anilines is 1.